The standard InChI is InChI=1S/C13H14N2O2/c14-12-8-10(9-13(16)15-12)6-7-17-11-4-2-1-3-5-11/h1-5,8-9H,6-7H2,(H3,14,15,16). The number of nitrogen functional groups attached to an aromatic ring is 1. The fourth-order valence-corrected chi connectivity index (χ4v) is 1.57. The summed E-state index contributed by atoms with van der Waals surface area (Å²) >= 11 is 0. The van der Waals surface area contributed by atoms with Crippen molar-refractivity contribution in [1.82, 2.24) is 4.98 Å². The van der Waals surface area contributed by atoms with E-state index < -0.39 is 0 Å². The van der Waals surface area contributed by atoms with Crippen molar-refractivity contribution in [2.45, 2.75) is 6.42 Å². The summed E-state index contributed by atoms with van der Waals surface area (Å²) in [5, 5.41) is 0. The molecule has 0 saturated carbocycles. The predicted molar refractivity (Wildman–Crippen MR) is 67.1 cm³/mol. The number of H-pyrrole nitrogens is 1. The molecule has 0 aliphatic carbocycles. The van der Waals surface area contributed by atoms with Gasteiger partial charge in [0.15, 0.2) is 0 Å². The number of aromatic nitrogens is 1. The molecule has 2 rings (SSSR count). The summed E-state index contributed by atoms with van der Waals surface area (Å²) in [5.74, 6) is 1.21. The Labute approximate surface area is 99.1 Å². The average molecular weight is 230 g/mol. The van der Waals surface area contributed by atoms with Gasteiger partial charge in [0.05, 0.1) is 6.61 Å². The number of ether oxygens (including phenoxy) is 1. The number of benzene rings is 1. The Morgan fingerprint density at radius 2 is 1.94 bits per heavy atom. The summed E-state index contributed by atoms with van der Waals surface area (Å²) in [6, 6.07) is 12.8. The van der Waals surface area contributed by atoms with Crippen LogP contribution in [0.4, 0.5) is 5.82 Å². The van der Waals surface area contributed by atoms with Gasteiger partial charge in [0.2, 0.25) is 5.56 Å². The van der Waals surface area contributed by atoms with Gasteiger partial charge in [0, 0.05) is 12.5 Å². The van der Waals surface area contributed by atoms with Crippen LogP contribution < -0.4 is 16.0 Å². The van der Waals surface area contributed by atoms with Crippen LogP contribution in [-0.2, 0) is 6.42 Å². The van der Waals surface area contributed by atoms with Crippen molar-refractivity contribution in [2.75, 3.05) is 12.3 Å². The van der Waals surface area contributed by atoms with Crippen molar-refractivity contribution < 1.29 is 4.74 Å². The molecule has 2 aromatic rings. The smallest absolute Gasteiger partial charge is 0.249 e. The molecule has 0 spiro atoms. The maximum Gasteiger partial charge on any atom is 0.249 e. The van der Waals surface area contributed by atoms with E-state index in [-0.39, 0.29) is 5.56 Å². The van der Waals surface area contributed by atoms with Crippen molar-refractivity contribution in [3.8, 4) is 5.75 Å². The third kappa shape index (κ3) is 3.38. The van der Waals surface area contributed by atoms with E-state index in [1.807, 2.05) is 30.3 Å². The van der Waals surface area contributed by atoms with E-state index in [2.05, 4.69) is 4.98 Å². The number of rotatable bonds is 4. The van der Waals surface area contributed by atoms with E-state index in [0.717, 1.165) is 11.3 Å². The minimum absolute atomic E-state index is 0.181. The molecule has 0 fully saturated rings. The molecule has 88 valence electrons. The van der Waals surface area contributed by atoms with E-state index >= 15 is 0 Å². The van der Waals surface area contributed by atoms with Gasteiger partial charge in [-0.05, 0) is 23.8 Å². The van der Waals surface area contributed by atoms with Crippen molar-refractivity contribution in [3.63, 3.8) is 0 Å². The van der Waals surface area contributed by atoms with Crippen LogP contribution >= 0.6 is 0 Å². The molecule has 0 aliphatic rings. The minimum atomic E-state index is -0.181. The fraction of sp³-hybridized carbons (Fsp3) is 0.154. The second kappa shape index (κ2) is 5.21. The highest BCUT2D eigenvalue weighted by Crippen LogP contribution is 2.09. The maximum absolute atomic E-state index is 11.2. The second-order valence-electron chi connectivity index (χ2n) is 3.72. The van der Waals surface area contributed by atoms with Crippen molar-refractivity contribution >= 4 is 5.82 Å². The highest BCUT2D eigenvalue weighted by atomic mass is 16.5. The van der Waals surface area contributed by atoms with E-state index in [4.69, 9.17) is 10.5 Å². The molecule has 3 N–H and O–H groups in total. The van der Waals surface area contributed by atoms with E-state index in [1.165, 1.54) is 6.07 Å². The molecule has 0 amide bonds. The summed E-state index contributed by atoms with van der Waals surface area (Å²) in [4.78, 5) is 13.7. The molecule has 0 saturated heterocycles. The number of nitrogens with one attached hydrogen (secondary N) is 1. The zero-order chi connectivity index (χ0) is 12.1. The normalized spacial score (nSPS) is 10.1. The van der Waals surface area contributed by atoms with Gasteiger partial charge >= 0.3 is 0 Å². The molecule has 0 unspecified atom stereocenters. The van der Waals surface area contributed by atoms with Crippen LogP contribution in [0.2, 0.25) is 0 Å². The molecule has 1 heterocycles. The zero-order valence-electron chi connectivity index (χ0n) is 9.35. The van der Waals surface area contributed by atoms with E-state index in [1.54, 1.807) is 6.07 Å². The Bertz CT molecular complexity index is 535. The SMILES string of the molecule is Nc1cc(CCOc2ccccc2)cc(=O)[nH]1. The van der Waals surface area contributed by atoms with Gasteiger partial charge in [-0.1, -0.05) is 18.2 Å². The van der Waals surface area contributed by atoms with Gasteiger partial charge in [0.1, 0.15) is 11.6 Å². The Balaban J connectivity index is 1.92. The minimum Gasteiger partial charge on any atom is -0.493 e. The fourth-order valence-electron chi connectivity index (χ4n) is 1.57. The molecule has 0 radical (unpaired) electrons. The topological polar surface area (TPSA) is 68.1 Å². The lowest BCUT2D eigenvalue weighted by Gasteiger charge is -2.06. The first-order valence-electron chi connectivity index (χ1n) is 5.40. The Hall–Kier alpha value is -2.23. The maximum atomic E-state index is 11.2. The van der Waals surface area contributed by atoms with Crippen molar-refractivity contribution in [1.29, 1.82) is 0 Å². The van der Waals surface area contributed by atoms with Crippen LogP contribution in [0.3, 0.4) is 0 Å². The van der Waals surface area contributed by atoms with Gasteiger partial charge in [-0.3, -0.25) is 4.79 Å². The molecule has 0 atom stereocenters. The lowest BCUT2D eigenvalue weighted by atomic mass is 10.2. The molecule has 17 heavy (non-hydrogen) atoms. The number of anilines is 1. The van der Waals surface area contributed by atoms with Crippen molar-refractivity contribution in [2.24, 2.45) is 0 Å². The highest BCUT2D eigenvalue weighted by Gasteiger charge is 1.98. The lowest BCUT2D eigenvalue weighted by Crippen LogP contribution is -2.10. The highest BCUT2D eigenvalue weighted by molar-refractivity contribution is 5.32. The van der Waals surface area contributed by atoms with E-state index in [9.17, 15) is 4.79 Å². The van der Waals surface area contributed by atoms with Gasteiger partial charge < -0.3 is 15.5 Å². The monoisotopic (exact) mass is 230 g/mol. The number of para-hydroxylation sites is 1. The molecular weight excluding hydrogens is 216 g/mol. The molecular formula is C13H14N2O2. The first-order chi connectivity index (χ1) is 8.24. The molecule has 4 nitrogen and oxygen atoms in total. The Morgan fingerprint density at radius 3 is 2.65 bits per heavy atom. The zero-order valence-corrected chi connectivity index (χ0v) is 9.35. The first-order valence-corrected chi connectivity index (χ1v) is 5.40. The predicted octanol–water partition coefficient (Wildman–Crippen LogP) is 1.58. The van der Waals surface area contributed by atoms with Crippen LogP contribution in [0, 0.1) is 0 Å². The Morgan fingerprint density at radius 1 is 1.18 bits per heavy atom. The van der Waals surface area contributed by atoms with Crippen LogP contribution in [-0.4, -0.2) is 11.6 Å². The first kappa shape index (κ1) is 11.3. The number of hydrogen-bond acceptors (Lipinski definition) is 3. The average Bonchev–Trinajstić information content (AvgIpc) is 2.29. The van der Waals surface area contributed by atoms with Crippen LogP contribution in [0.15, 0.2) is 47.3 Å². The van der Waals surface area contributed by atoms with E-state index in [0.29, 0.717) is 18.8 Å². The molecule has 0 aliphatic heterocycles. The van der Waals surface area contributed by atoms with Gasteiger partial charge in [0.25, 0.3) is 0 Å². The summed E-state index contributed by atoms with van der Waals surface area (Å²) in [6.07, 6.45) is 0.656. The lowest BCUT2D eigenvalue weighted by molar-refractivity contribution is 0.322. The largest absolute Gasteiger partial charge is 0.493 e. The second-order valence-corrected chi connectivity index (χ2v) is 3.72. The quantitative estimate of drug-likeness (QED) is 0.837. The van der Waals surface area contributed by atoms with Crippen LogP contribution in [0.25, 0.3) is 0 Å². The third-order valence-electron chi connectivity index (χ3n) is 2.33. The van der Waals surface area contributed by atoms with Gasteiger partial charge in [-0.2, -0.15) is 0 Å². The summed E-state index contributed by atoms with van der Waals surface area (Å²) < 4.78 is 5.54. The summed E-state index contributed by atoms with van der Waals surface area (Å²) in [7, 11) is 0. The van der Waals surface area contributed by atoms with Crippen molar-refractivity contribution in [3.05, 3.63) is 58.4 Å². The van der Waals surface area contributed by atoms with Crippen LogP contribution in [0.1, 0.15) is 5.56 Å². The number of aromatic amines is 1. The number of pyridine rings is 1. The number of hydrogen-bond donors (Lipinski definition) is 2. The van der Waals surface area contributed by atoms with Crippen LogP contribution in [0.5, 0.6) is 5.75 Å². The molecule has 0 bridgehead atoms. The van der Waals surface area contributed by atoms with Gasteiger partial charge in [-0.15, -0.1) is 0 Å². The number of nitrogens with two attached hydrogens (primary N) is 1. The molecule has 4 heteroatoms. The van der Waals surface area contributed by atoms with Gasteiger partial charge in [-0.25, -0.2) is 0 Å². The summed E-state index contributed by atoms with van der Waals surface area (Å²) in [6.45, 7) is 0.521. The summed E-state index contributed by atoms with van der Waals surface area (Å²) in [5.41, 5.74) is 6.24. The molecule has 1 aromatic carbocycles. The Kier molecular flexibility index (Phi) is 3.45. The third-order valence-corrected chi connectivity index (χ3v) is 2.33. The molecule has 1 aromatic heterocycles.